The third-order valence-electron chi connectivity index (χ3n) is 6.40. The van der Waals surface area contributed by atoms with Crippen LogP contribution in [0.15, 0.2) is 37.1 Å². The maximum absolute atomic E-state index is 14.0. The van der Waals surface area contributed by atoms with Crippen LogP contribution in [0, 0.1) is 18.7 Å². The van der Waals surface area contributed by atoms with E-state index >= 15 is 0 Å². The minimum atomic E-state index is -1.38. The Balaban J connectivity index is 1.49. The highest BCUT2D eigenvalue weighted by Crippen LogP contribution is 2.60. The Morgan fingerprint density at radius 2 is 2.21 bits per heavy atom. The normalized spacial score (nSPS) is 20.1. The van der Waals surface area contributed by atoms with Gasteiger partial charge in [-0.25, -0.2) is 23.5 Å². The summed E-state index contributed by atoms with van der Waals surface area (Å²) in [5.74, 6) is -3.09. The van der Waals surface area contributed by atoms with E-state index in [1.807, 2.05) is 13.0 Å². The number of amides is 1. The molecule has 0 radical (unpaired) electrons. The second-order valence-electron chi connectivity index (χ2n) is 8.24. The summed E-state index contributed by atoms with van der Waals surface area (Å²) in [7, 11) is 0. The van der Waals surface area contributed by atoms with E-state index in [0.29, 0.717) is 18.4 Å². The van der Waals surface area contributed by atoms with E-state index in [0.717, 1.165) is 33.5 Å². The van der Waals surface area contributed by atoms with Crippen molar-refractivity contribution in [3.63, 3.8) is 0 Å². The van der Waals surface area contributed by atoms with E-state index in [4.69, 9.17) is 4.74 Å². The van der Waals surface area contributed by atoms with Gasteiger partial charge in [-0.05, 0) is 48.4 Å². The molecule has 3 aromatic rings. The van der Waals surface area contributed by atoms with Crippen LogP contribution in [0.1, 0.15) is 54.4 Å². The van der Waals surface area contributed by atoms with Gasteiger partial charge in [0.1, 0.15) is 12.3 Å². The first-order valence-corrected chi connectivity index (χ1v) is 10.3. The van der Waals surface area contributed by atoms with E-state index in [2.05, 4.69) is 22.0 Å². The number of hydrogen-bond acceptors (Lipinski definition) is 6. The van der Waals surface area contributed by atoms with Gasteiger partial charge in [0.25, 0.3) is 5.91 Å². The molecular weight excluding hydrogens is 431 g/mol. The molecule has 2 unspecified atom stereocenters. The number of esters is 1. The van der Waals surface area contributed by atoms with Gasteiger partial charge in [0.15, 0.2) is 17.2 Å². The van der Waals surface area contributed by atoms with E-state index < -0.39 is 34.9 Å². The lowest BCUT2D eigenvalue weighted by Crippen LogP contribution is -2.37. The Morgan fingerprint density at radius 1 is 1.42 bits per heavy atom. The van der Waals surface area contributed by atoms with Crippen molar-refractivity contribution in [2.75, 3.05) is 6.61 Å². The molecule has 0 aliphatic heterocycles. The van der Waals surface area contributed by atoms with Gasteiger partial charge in [0.05, 0.1) is 17.3 Å². The number of hydrogen-bond donors (Lipinski definition) is 2. The lowest BCUT2D eigenvalue weighted by Gasteiger charge is -2.20. The molecule has 2 N–H and O–H groups in total. The molecule has 0 saturated heterocycles. The zero-order valence-corrected chi connectivity index (χ0v) is 17.6. The van der Waals surface area contributed by atoms with Crippen molar-refractivity contribution in [2.24, 2.45) is 5.92 Å². The van der Waals surface area contributed by atoms with Crippen LogP contribution in [-0.2, 0) is 16.7 Å². The van der Waals surface area contributed by atoms with E-state index in [-0.39, 0.29) is 23.9 Å². The van der Waals surface area contributed by atoms with Crippen LogP contribution >= 0.6 is 0 Å². The summed E-state index contributed by atoms with van der Waals surface area (Å²) in [6.45, 7) is 5.50. The van der Waals surface area contributed by atoms with Crippen LogP contribution < -0.4 is 5.32 Å². The lowest BCUT2D eigenvalue weighted by atomic mass is 9.94. The van der Waals surface area contributed by atoms with Gasteiger partial charge in [0.2, 0.25) is 0 Å². The van der Waals surface area contributed by atoms with Gasteiger partial charge < -0.3 is 15.2 Å². The number of aromatic nitrogens is 3. The molecule has 1 saturated carbocycles. The summed E-state index contributed by atoms with van der Waals surface area (Å²) in [4.78, 5) is 40.7. The van der Waals surface area contributed by atoms with Gasteiger partial charge in [0, 0.05) is 6.07 Å². The highest BCUT2D eigenvalue weighted by molar-refractivity contribution is 5.97. The Kier molecular flexibility index (Phi) is 4.55. The summed E-state index contributed by atoms with van der Waals surface area (Å²) >= 11 is 0. The predicted molar refractivity (Wildman–Crippen MR) is 113 cm³/mol. The molecule has 2 aliphatic carbocycles. The van der Waals surface area contributed by atoms with Gasteiger partial charge in [-0.1, -0.05) is 18.7 Å². The summed E-state index contributed by atoms with van der Waals surface area (Å²) in [5.41, 5.74) is 1.60. The third kappa shape index (κ3) is 3.09. The van der Waals surface area contributed by atoms with Gasteiger partial charge in [-0.3, -0.25) is 4.79 Å². The molecule has 168 valence electrons. The summed E-state index contributed by atoms with van der Waals surface area (Å²) in [6.07, 6.45) is 3.77. The molecule has 33 heavy (non-hydrogen) atoms. The molecule has 2 heterocycles. The maximum Gasteiger partial charge on any atom is 0.354 e. The fourth-order valence-corrected chi connectivity index (χ4v) is 4.72. The Morgan fingerprint density at radius 3 is 2.94 bits per heavy atom. The second-order valence-corrected chi connectivity index (χ2v) is 8.24. The average Bonchev–Trinajstić information content (AvgIpc) is 3.20. The van der Waals surface area contributed by atoms with Crippen LogP contribution in [0.5, 0.6) is 0 Å². The first-order chi connectivity index (χ1) is 15.8. The highest BCUT2D eigenvalue weighted by Gasteiger charge is 2.61. The standard InChI is InChI=1S/C23H19FN4O5/c1-3-6-33-22(32)13-4-5-15-14(11(13)2)7-12-9-23(12,15)27-20(29)18-8-17(21(30)31)26-19-16(24)10-25-28(18)19/h3-5,8,10,12H,1,6-7,9H2,2H3,(H,27,29)(H,30,31). The molecule has 1 fully saturated rings. The number of nitrogens with zero attached hydrogens (tertiary/aromatic N) is 3. The van der Waals surface area contributed by atoms with Gasteiger partial charge in [-0.15, -0.1) is 0 Å². The molecule has 9 nitrogen and oxygen atoms in total. The molecule has 2 atom stereocenters. The Hall–Kier alpha value is -4.08. The third-order valence-corrected chi connectivity index (χ3v) is 6.40. The number of benzene rings is 1. The quantitative estimate of drug-likeness (QED) is 0.437. The van der Waals surface area contributed by atoms with Crippen molar-refractivity contribution >= 4 is 23.5 Å². The zero-order chi connectivity index (χ0) is 23.5. The molecule has 0 bridgehead atoms. The van der Waals surface area contributed by atoms with E-state index in [1.165, 1.54) is 6.08 Å². The van der Waals surface area contributed by atoms with Gasteiger partial charge in [-0.2, -0.15) is 5.10 Å². The first kappa shape index (κ1) is 20.8. The minimum absolute atomic E-state index is 0.116. The molecule has 1 aromatic carbocycles. The lowest BCUT2D eigenvalue weighted by molar-refractivity contribution is 0.0547. The number of ether oxygens (including phenoxy) is 1. The molecule has 5 rings (SSSR count). The van der Waals surface area contributed by atoms with Crippen LogP contribution in [0.2, 0.25) is 0 Å². The van der Waals surface area contributed by atoms with Crippen molar-refractivity contribution in [3.05, 3.63) is 76.5 Å². The number of carbonyl (C=O) groups excluding carboxylic acids is 2. The number of carbonyl (C=O) groups is 3. The van der Waals surface area contributed by atoms with Crippen molar-refractivity contribution in [1.82, 2.24) is 19.9 Å². The smallest absolute Gasteiger partial charge is 0.354 e. The maximum atomic E-state index is 14.0. The fraction of sp³-hybridized carbons (Fsp3) is 0.261. The number of carboxylic acid groups (broad SMARTS) is 1. The fourth-order valence-electron chi connectivity index (χ4n) is 4.72. The highest BCUT2D eigenvalue weighted by atomic mass is 19.1. The number of fused-ring (bicyclic) bond motifs is 4. The number of aromatic carboxylic acids is 1. The van der Waals surface area contributed by atoms with Crippen LogP contribution in [0.4, 0.5) is 4.39 Å². The van der Waals surface area contributed by atoms with Crippen molar-refractivity contribution < 1.29 is 28.6 Å². The zero-order valence-electron chi connectivity index (χ0n) is 17.6. The first-order valence-electron chi connectivity index (χ1n) is 10.3. The number of carboxylic acids is 1. The summed E-state index contributed by atoms with van der Waals surface area (Å²) in [5, 5.41) is 16.2. The summed E-state index contributed by atoms with van der Waals surface area (Å²) < 4.78 is 20.2. The predicted octanol–water partition coefficient (Wildman–Crippen LogP) is 2.42. The van der Waals surface area contributed by atoms with Crippen molar-refractivity contribution in [3.8, 4) is 0 Å². The van der Waals surface area contributed by atoms with Crippen molar-refractivity contribution in [1.29, 1.82) is 0 Å². The number of nitrogens with one attached hydrogen (secondary N) is 1. The molecule has 10 heteroatoms. The van der Waals surface area contributed by atoms with E-state index in [1.54, 1.807) is 6.07 Å². The topological polar surface area (TPSA) is 123 Å². The Labute approximate surface area is 186 Å². The van der Waals surface area contributed by atoms with Crippen molar-refractivity contribution in [2.45, 2.75) is 25.3 Å². The summed E-state index contributed by atoms with van der Waals surface area (Å²) in [6, 6.07) is 4.58. The SMILES string of the molecule is C=CCOC(=O)c1ccc2c(c1C)CC1CC21NC(=O)c1cc(C(=O)O)nc2c(F)cnn12. The van der Waals surface area contributed by atoms with E-state index in [9.17, 15) is 23.9 Å². The molecule has 0 spiro atoms. The second kappa shape index (κ2) is 7.22. The molecule has 2 aliphatic rings. The van der Waals surface area contributed by atoms with Crippen LogP contribution in [-0.4, -0.2) is 44.2 Å². The van der Waals surface area contributed by atoms with Crippen LogP contribution in [0.25, 0.3) is 5.65 Å². The largest absolute Gasteiger partial charge is 0.477 e. The van der Waals surface area contributed by atoms with Gasteiger partial charge >= 0.3 is 11.9 Å². The molecule has 2 aromatic heterocycles. The number of halogens is 1. The monoisotopic (exact) mass is 450 g/mol. The molecule has 1 amide bonds. The average molecular weight is 450 g/mol. The Bertz CT molecular complexity index is 1380. The number of rotatable bonds is 6. The molecular formula is C23H19FN4O5. The minimum Gasteiger partial charge on any atom is -0.477 e. The van der Waals surface area contributed by atoms with Crippen LogP contribution in [0.3, 0.4) is 0 Å².